The van der Waals surface area contributed by atoms with Crippen molar-refractivity contribution in [1.82, 2.24) is 14.6 Å². The second-order valence-electron chi connectivity index (χ2n) is 6.05. The molecule has 2 aromatic carbocycles. The van der Waals surface area contributed by atoms with Crippen molar-refractivity contribution in [2.45, 2.75) is 11.3 Å². The zero-order valence-corrected chi connectivity index (χ0v) is 16.4. The average molecular weight is 411 g/mol. The van der Waals surface area contributed by atoms with Crippen molar-refractivity contribution in [2.24, 2.45) is 0 Å². The first-order valence-corrected chi connectivity index (χ1v) is 10.4. The molecule has 0 aliphatic carbocycles. The topological polar surface area (TPSA) is 64.3 Å². The number of benzene rings is 2. The summed E-state index contributed by atoms with van der Waals surface area (Å²) in [4.78, 5) is 30.4. The molecule has 0 bridgehead atoms. The Balaban J connectivity index is 1.76. The maximum Gasteiger partial charge on any atom is 0.296 e. The quantitative estimate of drug-likeness (QED) is 0.483. The fourth-order valence-corrected chi connectivity index (χ4v) is 4.01. The van der Waals surface area contributed by atoms with E-state index >= 15 is 0 Å². The number of nitrogens with zero attached hydrogens (tertiary/aromatic N) is 3. The number of thioether (sulfide) groups is 1. The molecular formula is C20H14FN3O2S2. The van der Waals surface area contributed by atoms with E-state index in [4.69, 9.17) is 0 Å². The summed E-state index contributed by atoms with van der Waals surface area (Å²) in [7, 11) is 0. The minimum atomic E-state index is -0.485. The van der Waals surface area contributed by atoms with Gasteiger partial charge < -0.3 is 0 Å². The first kappa shape index (κ1) is 18.5. The lowest BCUT2D eigenvalue weighted by molar-refractivity contribution is 0.627. The Labute approximate surface area is 167 Å². The third kappa shape index (κ3) is 3.74. The van der Waals surface area contributed by atoms with Gasteiger partial charge in [-0.2, -0.15) is 14.6 Å². The maximum atomic E-state index is 13.1. The summed E-state index contributed by atoms with van der Waals surface area (Å²) in [6.45, 7) is 0. The van der Waals surface area contributed by atoms with Crippen LogP contribution in [0.15, 0.2) is 63.0 Å². The molecule has 0 unspecified atom stereocenters. The lowest BCUT2D eigenvalue weighted by Crippen LogP contribution is -2.28. The van der Waals surface area contributed by atoms with Crippen LogP contribution in [-0.2, 0) is 6.42 Å². The Morgan fingerprint density at radius 2 is 1.82 bits per heavy atom. The van der Waals surface area contributed by atoms with Crippen LogP contribution in [0, 0.1) is 5.82 Å². The highest BCUT2D eigenvalue weighted by Crippen LogP contribution is 2.15. The molecule has 0 amide bonds. The van der Waals surface area contributed by atoms with Gasteiger partial charge >= 0.3 is 0 Å². The molecule has 4 rings (SSSR count). The average Bonchev–Trinajstić information content (AvgIpc) is 2.99. The van der Waals surface area contributed by atoms with Gasteiger partial charge in [0.05, 0.1) is 4.53 Å². The van der Waals surface area contributed by atoms with Gasteiger partial charge in [0.15, 0.2) is 0 Å². The van der Waals surface area contributed by atoms with Crippen LogP contribution in [0.3, 0.4) is 0 Å². The molecule has 5 nitrogen and oxygen atoms in total. The molecule has 0 aliphatic rings. The number of aromatic nitrogens is 3. The summed E-state index contributed by atoms with van der Waals surface area (Å²) in [5.74, 6) is -0.354. The minimum Gasteiger partial charge on any atom is -0.266 e. The third-order valence-corrected chi connectivity index (χ3v) is 5.85. The van der Waals surface area contributed by atoms with Gasteiger partial charge in [-0.05, 0) is 47.7 Å². The summed E-state index contributed by atoms with van der Waals surface area (Å²) in [6.07, 6.45) is 3.94. The number of thiazole rings is 1. The van der Waals surface area contributed by atoms with Crippen LogP contribution in [0.2, 0.25) is 0 Å². The molecule has 0 saturated heterocycles. The Hall–Kier alpha value is -2.84. The highest BCUT2D eigenvalue weighted by Gasteiger charge is 2.11. The van der Waals surface area contributed by atoms with Crippen molar-refractivity contribution in [2.75, 3.05) is 6.26 Å². The molecule has 0 atom stereocenters. The molecule has 4 aromatic rings. The molecule has 2 heterocycles. The largest absolute Gasteiger partial charge is 0.296 e. The fourth-order valence-electron chi connectivity index (χ4n) is 2.70. The van der Waals surface area contributed by atoms with Crippen LogP contribution in [0.25, 0.3) is 11.0 Å². The van der Waals surface area contributed by atoms with E-state index in [0.29, 0.717) is 4.53 Å². The molecule has 0 fully saturated rings. The summed E-state index contributed by atoms with van der Waals surface area (Å²) in [5.41, 5.74) is 0.949. The van der Waals surface area contributed by atoms with Gasteiger partial charge in [-0.15, -0.1) is 11.8 Å². The Kier molecular flexibility index (Phi) is 5.06. The van der Waals surface area contributed by atoms with E-state index in [0.717, 1.165) is 31.9 Å². The summed E-state index contributed by atoms with van der Waals surface area (Å²) < 4.78 is 14.7. The van der Waals surface area contributed by atoms with E-state index in [1.54, 1.807) is 30.0 Å². The summed E-state index contributed by atoms with van der Waals surface area (Å²) >= 11 is 2.77. The van der Waals surface area contributed by atoms with Crippen LogP contribution in [0.4, 0.5) is 4.39 Å². The predicted octanol–water partition coefficient (Wildman–Crippen LogP) is 2.51. The summed E-state index contributed by atoms with van der Waals surface area (Å²) in [6, 6.07) is 13.6. The first-order valence-electron chi connectivity index (χ1n) is 8.36. The van der Waals surface area contributed by atoms with Crippen molar-refractivity contribution < 1.29 is 4.39 Å². The van der Waals surface area contributed by atoms with Crippen molar-refractivity contribution in [3.63, 3.8) is 0 Å². The van der Waals surface area contributed by atoms with Crippen LogP contribution >= 0.6 is 23.1 Å². The summed E-state index contributed by atoms with van der Waals surface area (Å²) in [5, 5.41) is 4.20. The zero-order chi connectivity index (χ0) is 19.7. The molecule has 0 spiro atoms. The Bertz CT molecular complexity index is 1310. The van der Waals surface area contributed by atoms with E-state index in [1.807, 2.05) is 30.5 Å². The Morgan fingerprint density at radius 3 is 2.50 bits per heavy atom. The van der Waals surface area contributed by atoms with Gasteiger partial charge in [-0.25, -0.2) is 4.39 Å². The van der Waals surface area contributed by atoms with E-state index in [-0.39, 0.29) is 28.5 Å². The van der Waals surface area contributed by atoms with Crippen molar-refractivity contribution in [3.05, 3.63) is 96.4 Å². The molecule has 140 valence electrons. The highest BCUT2D eigenvalue weighted by molar-refractivity contribution is 7.98. The molecule has 0 aliphatic heterocycles. The molecule has 8 heteroatoms. The van der Waals surface area contributed by atoms with Gasteiger partial charge in [-0.3, -0.25) is 9.59 Å². The monoisotopic (exact) mass is 411 g/mol. The lowest BCUT2D eigenvalue weighted by atomic mass is 10.1. The SMILES string of the molecule is CSc1ccc(C=c2sc3nc(=O)c(Cc4ccc(F)cc4)nn3c2=O)cc1. The normalized spacial score (nSPS) is 12.0. The molecule has 2 aromatic heterocycles. The van der Waals surface area contributed by atoms with Crippen LogP contribution in [0.1, 0.15) is 16.8 Å². The first-order chi connectivity index (χ1) is 13.5. The Morgan fingerprint density at radius 1 is 1.11 bits per heavy atom. The van der Waals surface area contributed by atoms with E-state index in [2.05, 4.69) is 10.1 Å². The molecular weight excluding hydrogens is 397 g/mol. The fraction of sp³-hybridized carbons (Fsp3) is 0.100. The molecule has 0 radical (unpaired) electrons. The van der Waals surface area contributed by atoms with E-state index in [1.165, 1.54) is 12.1 Å². The van der Waals surface area contributed by atoms with Crippen LogP contribution < -0.4 is 15.7 Å². The standard InChI is InChI=1S/C20H14FN3O2S2/c1-27-15-8-4-13(5-9-15)11-17-19(26)24-20(28-17)22-18(25)16(23-24)10-12-2-6-14(21)7-3-12/h2-9,11H,10H2,1H3. The van der Waals surface area contributed by atoms with Gasteiger partial charge in [0.1, 0.15) is 11.5 Å². The van der Waals surface area contributed by atoms with Gasteiger partial charge in [-0.1, -0.05) is 35.6 Å². The number of hydrogen-bond acceptors (Lipinski definition) is 6. The van der Waals surface area contributed by atoms with Gasteiger partial charge in [0.25, 0.3) is 11.1 Å². The van der Waals surface area contributed by atoms with E-state index < -0.39 is 5.56 Å². The molecule has 0 saturated carbocycles. The number of rotatable bonds is 4. The van der Waals surface area contributed by atoms with Crippen LogP contribution in [-0.4, -0.2) is 20.9 Å². The second kappa shape index (κ2) is 7.65. The van der Waals surface area contributed by atoms with Crippen LogP contribution in [0.5, 0.6) is 0 Å². The predicted molar refractivity (Wildman–Crippen MR) is 110 cm³/mol. The number of halogens is 1. The maximum absolute atomic E-state index is 13.1. The van der Waals surface area contributed by atoms with Crippen molar-refractivity contribution in [1.29, 1.82) is 0 Å². The van der Waals surface area contributed by atoms with Crippen molar-refractivity contribution in [3.8, 4) is 0 Å². The third-order valence-electron chi connectivity index (χ3n) is 4.15. The number of hydrogen-bond donors (Lipinski definition) is 0. The highest BCUT2D eigenvalue weighted by atomic mass is 32.2. The minimum absolute atomic E-state index is 0.148. The molecule has 28 heavy (non-hydrogen) atoms. The number of fused-ring (bicyclic) bond motifs is 1. The van der Waals surface area contributed by atoms with Gasteiger partial charge in [0, 0.05) is 11.3 Å². The van der Waals surface area contributed by atoms with E-state index in [9.17, 15) is 14.0 Å². The van der Waals surface area contributed by atoms with Gasteiger partial charge in [0.2, 0.25) is 4.96 Å². The smallest absolute Gasteiger partial charge is 0.266 e. The second-order valence-corrected chi connectivity index (χ2v) is 7.94. The molecule has 0 N–H and O–H groups in total. The lowest BCUT2D eigenvalue weighted by Gasteiger charge is -2.00. The van der Waals surface area contributed by atoms with Crippen molar-refractivity contribution >= 4 is 34.1 Å². The zero-order valence-electron chi connectivity index (χ0n) is 14.8.